The van der Waals surface area contributed by atoms with Crippen molar-refractivity contribution in [1.29, 1.82) is 0 Å². The lowest BCUT2D eigenvalue weighted by Crippen LogP contribution is -2.60. The van der Waals surface area contributed by atoms with E-state index in [1.54, 1.807) is 7.11 Å². The summed E-state index contributed by atoms with van der Waals surface area (Å²) in [6.45, 7) is 13.3. The van der Waals surface area contributed by atoms with E-state index in [1.165, 1.54) is 0 Å². The molecule has 3 atom stereocenters. The summed E-state index contributed by atoms with van der Waals surface area (Å²) in [5.41, 5.74) is -1.10. The number of hydrogen-bond donors (Lipinski definition) is 3. The molecule has 25 heavy (non-hydrogen) atoms. The molecule has 0 aromatic carbocycles. The molecule has 1 aliphatic heterocycles. The van der Waals surface area contributed by atoms with Crippen molar-refractivity contribution in [3.05, 3.63) is 0 Å². The molecule has 3 unspecified atom stereocenters. The summed E-state index contributed by atoms with van der Waals surface area (Å²) in [5, 5.41) is 8.67. The van der Waals surface area contributed by atoms with Crippen LogP contribution < -0.4 is 16.0 Å². The zero-order valence-corrected chi connectivity index (χ0v) is 16.1. The molecule has 1 rings (SSSR count). The Kier molecular flexibility index (Phi) is 7.37. The third-order valence-electron chi connectivity index (χ3n) is 4.21. The van der Waals surface area contributed by atoms with Gasteiger partial charge in [-0.25, -0.2) is 14.6 Å². The predicted molar refractivity (Wildman–Crippen MR) is 97.1 cm³/mol. The van der Waals surface area contributed by atoms with Crippen LogP contribution in [0.4, 0.5) is 9.59 Å². The average molecular weight is 356 g/mol. The van der Waals surface area contributed by atoms with Crippen LogP contribution in [0.1, 0.15) is 47.5 Å². The molecule has 0 radical (unpaired) electrons. The molecule has 0 aromatic rings. The largest absolute Gasteiger partial charge is 0.379 e. The lowest BCUT2D eigenvalue weighted by Gasteiger charge is -2.38. The van der Waals surface area contributed by atoms with Gasteiger partial charge in [-0.2, -0.15) is 0 Å². The van der Waals surface area contributed by atoms with Crippen molar-refractivity contribution in [3.8, 4) is 0 Å². The molecule has 0 aliphatic carbocycles. The second kappa shape index (κ2) is 8.62. The van der Waals surface area contributed by atoms with Gasteiger partial charge in [0.2, 0.25) is 0 Å². The van der Waals surface area contributed by atoms with Crippen LogP contribution in [0.15, 0.2) is 4.99 Å². The maximum absolute atomic E-state index is 12.4. The predicted octanol–water partition coefficient (Wildman–Crippen LogP) is 1.84. The Morgan fingerprint density at radius 3 is 2.40 bits per heavy atom. The van der Waals surface area contributed by atoms with Crippen molar-refractivity contribution in [2.45, 2.75) is 76.8 Å². The highest BCUT2D eigenvalue weighted by Crippen LogP contribution is 2.21. The number of aliphatic imine (C=N–C) groups is 1. The van der Waals surface area contributed by atoms with Gasteiger partial charge in [0, 0.05) is 24.8 Å². The Bertz CT molecular complexity index is 493. The Morgan fingerprint density at radius 1 is 1.24 bits per heavy atom. The number of urea groups is 2. The van der Waals surface area contributed by atoms with E-state index in [9.17, 15) is 9.59 Å². The Labute approximate surface area is 150 Å². The summed E-state index contributed by atoms with van der Waals surface area (Å²) in [6.07, 6.45) is 1.05. The number of nitrogens with zero attached hydrogens (tertiary/aromatic N) is 1. The molecule has 8 nitrogen and oxygen atoms in total. The first-order valence-corrected chi connectivity index (χ1v) is 8.51. The summed E-state index contributed by atoms with van der Waals surface area (Å²) in [6, 6.07) is -0.994. The van der Waals surface area contributed by atoms with Gasteiger partial charge in [0.15, 0.2) is 0 Å². The third-order valence-corrected chi connectivity index (χ3v) is 4.21. The van der Waals surface area contributed by atoms with E-state index < -0.39 is 17.1 Å². The van der Waals surface area contributed by atoms with Gasteiger partial charge in [-0.05, 0) is 54.2 Å². The zero-order valence-electron chi connectivity index (χ0n) is 16.1. The fourth-order valence-corrected chi connectivity index (χ4v) is 3.45. The first-order valence-electron chi connectivity index (χ1n) is 8.51. The van der Waals surface area contributed by atoms with Crippen LogP contribution in [-0.2, 0) is 9.47 Å². The van der Waals surface area contributed by atoms with Gasteiger partial charge in [-0.1, -0.05) is 0 Å². The topological polar surface area (TPSA) is 101 Å². The first kappa shape index (κ1) is 21.4. The maximum atomic E-state index is 12.4. The number of ether oxygens (including phenoxy) is 2. The molecule has 8 heteroatoms. The number of methoxy groups -OCH3 is 1. The summed E-state index contributed by atoms with van der Waals surface area (Å²) < 4.78 is 11.1. The average Bonchev–Trinajstić information content (AvgIpc) is 2.46. The van der Waals surface area contributed by atoms with E-state index in [1.807, 2.05) is 34.6 Å². The molecular formula is C17H32N4O4. The smallest absolute Gasteiger partial charge is 0.340 e. The summed E-state index contributed by atoms with van der Waals surface area (Å²) in [7, 11) is 1.64. The molecular weight excluding hydrogens is 324 g/mol. The molecule has 3 N–H and O–H groups in total. The molecule has 1 heterocycles. The van der Waals surface area contributed by atoms with Crippen LogP contribution in [0.5, 0.6) is 0 Å². The molecule has 144 valence electrons. The number of nitrogens with one attached hydrogen (secondary N) is 3. The van der Waals surface area contributed by atoms with Crippen molar-refractivity contribution >= 4 is 18.8 Å². The molecule has 1 fully saturated rings. The lowest BCUT2D eigenvalue weighted by molar-refractivity contribution is -0.0739. The van der Waals surface area contributed by atoms with E-state index >= 15 is 0 Å². The van der Waals surface area contributed by atoms with Gasteiger partial charge in [0.1, 0.15) is 0 Å². The normalized spacial score (nSPS) is 24.3. The van der Waals surface area contributed by atoms with Gasteiger partial charge in [-0.3, -0.25) is 0 Å². The van der Waals surface area contributed by atoms with Gasteiger partial charge >= 0.3 is 12.1 Å². The van der Waals surface area contributed by atoms with E-state index in [0.717, 1.165) is 6.42 Å². The maximum Gasteiger partial charge on any atom is 0.340 e. The molecule has 4 amide bonds. The van der Waals surface area contributed by atoms with Crippen LogP contribution in [0.2, 0.25) is 0 Å². The molecule has 0 saturated carbocycles. The van der Waals surface area contributed by atoms with E-state index in [0.29, 0.717) is 13.0 Å². The number of rotatable bonds is 6. The van der Waals surface area contributed by atoms with Crippen LogP contribution in [-0.4, -0.2) is 61.8 Å². The number of hydrogen-bond acceptors (Lipinski definition) is 4. The molecule has 0 bridgehead atoms. The van der Waals surface area contributed by atoms with E-state index in [-0.39, 0.29) is 24.3 Å². The second-order valence-corrected chi connectivity index (χ2v) is 7.80. The Hall–Kier alpha value is -1.67. The standard InChI is InChI=1S/C17H32N4O4/c1-11-13(12(24-7)8-9-25-11)19-15(23)21-17(4,5)10-16(2,3)20-14(22)18-6/h11-13H,6,8-10H2,1-5,7H3,(H,20,22)(H2,19,21,23). The molecule has 1 aliphatic rings. The minimum Gasteiger partial charge on any atom is -0.379 e. The van der Waals surface area contributed by atoms with Gasteiger partial charge in [-0.15, -0.1) is 0 Å². The van der Waals surface area contributed by atoms with Crippen LogP contribution in [0.25, 0.3) is 0 Å². The van der Waals surface area contributed by atoms with Gasteiger partial charge < -0.3 is 25.4 Å². The summed E-state index contributed by atoms with van der Waals surface area (Å²) in [4.78, 5) is 27.2. The molecule has 0 aromatic heterocycles. The highest BCUT2D eigenvalue weighted by atomic mass is 16.5. The zero-order chi connectivity index (χ0) is 19.3. The highest BCUT2D eigenvalue weighted by molar-refractivity contribution is 5.79. The molecule has 0 spiro atoms. The van der Waals surface area contributed by atoms with E-state index in [4.69, 9.17) is 9.47 Å². The van der Waals surface area contributed by atoms with Crippen molar-refractivity contribution in [1.82, 2.24) is 16.0 Å². The lowest BCUT2D eigenvalue weighted by atomic mass is 9.87. The van der Waals surface area contributed by atoms with Crippen LogP contribution >= 0.6 is 0 Å². The number of carbonyl (C=O) groups is 2. The van der Waals surface area contributed by atoms with Crippen molar-refractivity contribution < 1.29 is 19.1 Å². The minimum absolute atomic E-state index is 0.0768. The molecule has 1 saturated heterocycles. The fourth-order valence-electron chi connectivity index (χ4n) is 3.45. The van der Waals surface area contributed by atoms with Crippen molar-refractivity contribution in [2.75, 3.05) is 13.7 Å². The fraction of sp³-hybridized carbons (Fsp3) is 0.824. The SMILES string of the molecule is C=NC(=O)NC(C)(C)CC(C)(C)NC(=O)NC1C(C)OCCC1OC. The first-order chi connectivity index (χ1) is 11.5. The summed E-state index contributed by atoms with van der Waals surface area (Å²) in [5.74, 6) is 0. The van der Waals surface area contributed by atoms with Gasteiger partial charge in [0.05, 0.1) is 18.2 Å². The Morgan fingerprint density at radius 2 is 1.84 bits per heavy atom. The number of amides is 4. The summed E-state index contributed by atoms with van der Waals surface area (Å²) >= 11 is 0. The highest BCUT2D eigenvalue weighted by Gasteiger charge is 2.35. The van der Waals surface area contributed by atoms with Crippen molar-refractivity contribution in [3.63, 3.8) is 0 Å². The quantitative estimate of drug-likeness (QED) is 0.632. The van der Waals surface area contributed by atoms with Crippen LogP contribution in [0.3, 0.4) is 0 Å². The monoisotopic (exact) mass is 356 g/mol. The Balaban J connectivity index is 2.64. The minimum atomic E-state index is -0.552. The van der Waals surface area contributed by atoms with Gasteiger partial charge in [0.25, 0.3) is 0 Å². The third kappa shape index (κ3) is 6.99. The number of carbonyl (C=O) groups excluding carboxylic acids is 2. The van der Waals surface area contributed by atoms with Crippen LogP contribution in [0, 0.1) is 0 Å². The second-order valence-electron chi connectivity index (χ2n) is 7.80. The van der Waals surface area contributed by atoms with Crippen molar-refractivity contribution in [2.24, 2.45) is 4.99 Å². The van der Waals surface area contributed by atoms with E-state index in [2.05, 4.69) is 27.7 Å².